The lowest BCUT2D eigenvalue weighted by Gasteiger charge is -2.22. The topological polar surface area (TPSA) is 66.4 Å². The van der Waals surface area contributed by atoms with Gasteiger partial charge in [0.1, 0.15) is 4.75 Å². The Labute approximate surface area is 130 Å². The van der Waals surface area contributed by atoms with E-state index in [2.05, 4.69) is 5.32 Å². The molecule has 0 saturated carbocycles. The van der Waals surface area contributed by atoms with Crippen LogP contribution in [0.5, 0.6) is 0 Å². The van der Waals surface area contributed by atoms with Crippen molar-refractivity contribution >= 4 is 29.3 Å². The number of carboxylic acids is 1. The third-order valence-electron chi connectivity index (χ3n) is 3.50. The number of carboxylic acid groups (broad SMARTS) is 1. The molecule has 1 aromatic rings. The Kier molecular flexibility index (Phi) is 5.45. The first kappa shape index (κ1) is 17.6. The third kappa shape index (κ3) is 4.77. The average molecular weight is 309 g/mol. The minimum atomic E-state index is -0.880. The summed E-state index contributed by atoms with van der Waals surface area (Å²) in [5.74, 6) is -0.870. The van der Waals surface area contributed by atoms with Gasteiger partial charge in [0.15, 0.2) is 0 Å². The first-order valence-corrected chi connectivity index (χ1v) is 7.74. The van der Waals surface area contributed by atoms with Gasteiger partial charge in [0.2, 0.25) is 5.91 Å². The standard InChI is InChI=1S/C16H23NO3S/c1-6-15(2,3)13(18)17-11-7-9-12(10-8-11)21-16(4,5)14(19)20/h7-10H,6H2,1-5H3,(H,17,18)(H,19,20). The van der Waals surface area contributed by atoms with E-state index in [1.54, 1.807) is 26.0 Å². The Morgan fingerprint density at radius 3 is 2.10 bits per heavy atom. The molecular formula is C16H23NO3S. The smallest absolute Gasteiger partial charge is 0.319 e. The number of aliphatic carboxylic acids is 1. The molecule has 0 fully saturated rings. The number of amides is 1. The predicted octanol–water partition coefficient (Wildman–Crippen LogP) is 4.02. The number of nitrogens with one attached hydrogen (secondary N) is 1. The van der Waals surface area contributed by atoms with Crippen LogP contribution in [0.15, 0.2) is 29.2 Å². The first-order valence-electron chi connectivity index (χ1n) is 6.92. The SMILES string of the molecule is CCC(C)(C)C(=O)Nc1ccc(SC(C)(C)C(=O)O)cc1. The molecule has 0 unspecified atom stereocenters. The van der Waals surface area contributed by atoms with Gasteiger partial charge >= 0.3 is 5.97 Å². The van der Waals surface area contributed by atoms with Crippen molar-refractivity contribution in [3.8, 4) is 0 Å². The average Bonchev–Trinajstić information content (AvgIpc) is 2.40. The summed E-state index contributed by atoms with van der Waals surface area (Å²) >= 11 is 1.28. The summed E-state index contributed by atoms with van der Waals surface area (Å²) in [5.41, 5.74) is 0.317. The highest BCUT2D eigenvalue weighted by Crippen LogP contribution is 2.33. The molecule has 1 rings (SSSR count). The number of benzene rings is 1. The lowest BCUT2D eigenvalue weighted by molar-refractivity contribution is -0.138. The van der Waals surface area contributed by atoms with Gasteiger partial charge in [0.25, 0.3) is 0 Å². The fourth-order valence-electron chi connectivity index (χ4n) is 1.41. The van der Waals surface area contributed by atoms with Gasteiger partial charge in [-0.25, -0.2) is 0 Å². The molecule has 0 aliphatic carbocycles. The second-order valence-electron chi connectivity index (χ2n) is 6.13. The largest absolute Gasteiger partial charge is 0.480 e. The highest BCUT2D eigenvalue weighted by Gasteiger charge is 2.28. The summed E-state index contributed by atoms with van der Waals surface area (Å²) in [4.78, 5) is 24.0. The molecule has 1 amide bonds. The number of carbonyl (C=O) groups excluding carboxylic acids is 1. The number of rotatable bonds is 6. The molecule has 4 nitrogen and oxygen atoms in total. The van der Waals surface area contributed by atoms with E-state index in [1.807, 2.05) is 32.9 Å². The maximum Gasteiger partial charge on any atom is 0.319 e. The fraction of sp³-hybridized carbons (Fsp3) is 0.500. The van der Waals surface area contributed by atoms with E-state index in [9.17, 15) is 9.59 Å². The van der Waals surface area contributed by atoms with Crippen molar-refractivity contribution < 1.29 is 14.7 Å². The van der Waals surface area contributed by atoms with E-state index >= 15 is 0 Å². The first-order chi connectivity index (χ1) is 9.58. The van der Waals surface area contributed by atoms with Gasteiger partial charge in [-0.2, -0.15) is 0 Å². The van der Waals surface area contributed by atoms with Gasteiger partial charge < -0.3 is 10.4 Å². The molecule has 0 atom stereocenters. The second kappa shape index (κ2) is 6.52. The lowest BCUT2D eigenvalue weighted by atomic mass is 9.89. The van der Waals surface area contributed by atoms with Crippen LogP contribution in [-0.2, 0) is 9.59 Å². The molecule has 0 heterocycles. The van der Waals surface area contributed by atoms with Crippen molar-refractivity contribution in [3.63, 3.8) is 0 Å². The second-order valence-corrected chi connectivity index (χ2v) is 7.83. The van der Waals surface area contributed by atoms with E-state index in [4.69, 9.17) is 5.11 Å². The molecule has 5 heteroatoms. The van der Waals surface area contributed by atoms with Crippen molar-refractivity contribution in [1.29, 1.82) is 0 Å². The van der Waals surface area contributed by atoms with Crippen molar-refractivity contribution in [2.75, 3.05) is 5.32 Å². The third-order valence-corrected chi connectivity index (χ3v) is 4.69. The van der Waals surface area contributed by atoms with E-state index in [0.717, 1.165) is 17.0 Å². The summed E-state index contributed by atoms with van der Waals surface area (Å²) < 4.78 is -0.880. The summed E-state index contributed by atoms with van der Waals surface area (Å²) in [6.07, 6.45) is 0.763. The number of thioether (sulfide) groups is 1. The van der Waals surface area contributed by atoms with Crippen LogP contribution >= 0.6 is 11.8 Å². The summed E-state index contributed by atoms with van der Waals surface area (Å²) in [7, 11) is 0. The predicted molar refractivity (Wildman–Crippen MR) is 86.7 cm³/mol. The molecule has 0 saturated heterocycles. The molecule has 2 N–H and O–H groups in total. The van der Waals surface area contributed by atoms with Gasteiger partial charge in [-0.1, -0.05) is 20.8 Å². The Balaban J connectivity index is 2.76. The highest BCUT2D eigenvalue weighted by atomic mass is 32.2. The number of hydrogen-bond acceptors (Lipinski definition) is 3. The Bertz CT molecular complexity index is 521. The van der Waals surface area contributed by atoms with Crippen LogP contribution in [0.1, 0.15) is 41.0 Å². The van der Waals surface area contributed by atoms with Crippen molar-refractivity contribution in [2.45, 2.75) is 50.7 Å². The molecule has 0 bridgehead atoms. The number of anilines is 1. The van der Waals surface area contributed by atoms with Gasteiger partial charge in [-0.05, 0) is 44.5 Å². The molecule has 0 spiro atoms. The zero-order chi connectivity index (χ0) is 16.3. The van der Waals surface area contributed by atoms with Crippen molar-refractivity contribution in [2.24, 2.45) is 5.41 Å². The van der Waals surface area contributed by atoms with Gasteiger partial charge in [-0.3, -0.25) is 9.59 Å². The van der Waals surface area contributed by atoms with Gasteiger partial charge in [0, 0.05) is 16.0 Å². The summed E-state index contributed by atoms with van der Waals surface area (Å²) in [6.45, 7) is 9.12. The van der Waals surface area contributed by atoms with Crippen LogP contribution in [-0.4, -0.2) is 21.7 Å². The normalized spacial score (nSPS) is 12.0. The molecule has 0 aliphatic rings. The molecule has 0 aliphatic heterocycles. The number of hydrogen-bond donors (Lipinski definition) is 2. The van der Waals surface area contributed by atoms with Crippen LogP contribution in [0.25, 0.3) is 0 Å². The minimum Gasteiger partial charge on any atom is -0.480 e. The van der Waals surface area contributed by atoms with Crippen LogP contribution in [0.4, 0.5) is 5.69 Å². The van der Waals surface area contributed by atoms with E-state index < -0.39 is 16.1 Å². The zero-order valence-corrected chi connectivity index (χ0v) is 14.0. The maximum atomic E-state index is 12.1. The van der Waals surface area contributed by atoms with Crippen LogP contribution in [0.2, 0.25) is 0 Å². The molecular weight excluding hydrogens is 286 g/mol. The zero-order valence-electron chi connectivity index (χ0n) is 13.2. The van der Waals surface area contributed by atoms with Crippen molar-refractivity contribution in [3.05, 3.63) is 24.3 Å². The molecule has 1 aromatic carbocycles. The van der Waals surface area contributed by atoms with E-state index in [1.165, 1.54) is 11.8 Å². The Morgan fingerprint density at radius 1 is 1.14 bits per heavy atom. The van der Waals surface area contributed by atoms with Crippen LogP contribution < -0.4 is 5.32 Å². The van der Waals surface area contributed by atoms with Gasteiger partial charge in [0.05, 0.1) is 0 Å². The Hall–Kier alpha value is -1.49. The molecule has 0 aromatic heterocycles. The van der Waals surface area contributed by atoms with E-state index in [0.29, 0.717) is 0 Å². The molecule has 21 heavy (non-hydrogen) atoms. The fourth-order valence-corrected chi connectivity index (χ4v) is 2.35. The molecule has 116 valence electrons. The maximum absolute atomic E-state index is 12.1. The summed E-state index contributed by atoms with van der Waals surface area (Å²) in [6, 6.07) is 7.24. The minimum absolute atomic E-state index is 0.0173. The van der Waals surface area contributed by atoms with E-state index in [-0.39, 0.29) is 5.91 Å². The number of carbonyl (C=O) groups is 2. The highest BCUT2D eigenvalue weighted by molar-refractivity contribution is 8.01. The summed E-state index contributed by atoms with van der Waals surface area (Å²) in [5, 5.41) is 12.0. The quantitative estimate of drug-likeness (QED) is 0.779. The monoisotopic (exact) mass is 309 g/mol. The van der Waals surface area contributed by atoms with Crippen molar-refractivity contribution in [1.82, 2.24) is 0 Å². The lowest BCUT2D eigenvalue weighted by Crippen LogP contribution is -2.30. The van der Waals surface area contributed by atoms with Crippen LogP contribution in [0.3, 0.4) is 0 Å². The van der Waals surface area contributed by atoms with Crippen LogP contribution in [0, 0.1) is 5.41 Å². The molecule has 0 radical (unpaired) electrons. The van der Waals surface area contributed by atoms with Gasteiger partial charge in [-0.15, -0.1) is 11.8 Å². The Morgan fingerprint density at radius 2 is 1.67 bits per heavy atom.